The predicted octanol–water partition coefficient (Wildman–Crippen LogP) is 1.50. The molecule has 0 bridgehead atoms. The van der Waals surface area contributed by atoms with Crippen LogP contribution in [0.1, 0.15) is 28.8 Å². The third-order valence-corrected chi connectivity index (χ3v) is 2.45. The average molecular weight is 191 g/mol. The molecule has 2 N–H and O–H groups in total. The summed E-state index contributed by atoms with van der Waals surface area (Å²) in [4.78, 5) is 10.9. The van der Waals surface area contributed by atoms with Gasteiger partial charge in [0.2, 0.25) is 5.91 Å². The van der Waals surface area contributed by atoms with Crippen molar-refractivity contribution >= 4 is 5.91 Å². The Morgan fingerprint density at radius 2 is 2.21 bits per heavy atom. The molecule has 1 aliphatic rings. The zero-order valence-electron chi connectivity index (χ0n) is 7.95. The summed E-state index contributed by atoms with van der Waals surface area (Å²) in [7, 11) is 0. The molecule has 14 heavy (non-hydrogen) atoms. The van der Waals surface area contributed by atoms with Crippen LogP contribution in [0.4, 0.5) is 0 Å². The fourth-order valence-corrected chi connectivity index (χ4v) is 1.65. The maximum Gasteiger partial charge on any atom is 0.248 e. The van der Waals surface area contributed by atoms with E-state index in [4.69, 9.17) is 10.5 Å². The molecule has 1 heterocycles. The molecule has 1 aliphatic heterocycles. The number of hydrogen-bond donors (Lipinski definition) is 1. The molecule has 1 aromatic carbocycles. The molecule has 0 atom stereocenters. The Labute approximate surface area is 82.9 Å². The van der Waals surface area contributed by atoms with Crippen LogP contribution in [0, 0.1) is 0 Å². The quantitative estimate of drug-likeness (QED) is 0.731. The number of carbonyl (C=O) groups is 1. The van der Waals surface area contributed by atoms with Gasteiger partial charge >= 0.3 is 0 Å². The van der Waals surface area contributed by atoms with E-state index in [1.54, 1.807) is 12.1 Å². The standard InChI is InChI=1S/C11H13NO2/c12-11(13)9-5-4-8-3-1-2-6-14-10(8)7-9/h4-5,7H,1-3,6H2,(H2,12,13). The molecule has 1 amide bonds. The topological polar surface area (TPSA) is 52.3 Å². The first-order valence-corrected chi connectivity index (χ1v) is 4.83. The molecule has 3 heteroatoms. The van der Waals surface area contributed by atoms with Crippen LogP contribution in [-0.2, 0) is 6.42 Å². The summed E-state index contributed by atoms with van der Waals surface area (Å²) < 4.78 is 5.53. The van der Waals surface area contributed by atoms with Gasteiger partial charge in [0.25, 0.3) is 0 Å². The van der Waals surface area contributed by atoms with Crippen molar-refractivity contribution in [2.75, 3.05) is 6.61 Å². The number of rotatable bonds is 1. The number of aryl methyl sites for hydroxylation is 1. The Hall–Kier alpha value is -1.51. The van der Waals surface area contributed by atoms with Gasteiger partial charge in [0.1, 0.15) is 5.75 Å². The van der Waals surface area contributed by atoms with Crippen LogP contribution in [-0.4, -0.2) is 12.5 Å². The van der Waals surface area contributed by atoms with Crippen LogP contribution < -0.4 is 10.5 Å². The van der Waals surface area contributed by atoms with Crippen molar-refractivity contribution in [1.82, 2.24) is 0 Å². The summed E-state index contributed by atoms with van der Waals surface area (Å²) in [5.74, 6) is 0.416. The Kier molecular flexibility index (Phi) is 2.39. The maximum absolute atomic E-state index is 10.9. The summed E-state index contributed by atoms with van der Waals surface area (Å²) in [6, 6.07) is 5.43. The minimum Gasteiger partial charge on any atom is -0.493 e. The van der Waals surface area contributed by atoms with Gasteiger partial charge in [-0.15, -0.1) is 0 Å². The second-order valence-electron chi connectivity index (χ2n) is 3.49. The molecule has 0 saturated heterocycles. The van der Waals surface area contributed by atoms with Gasteiger partial charge in [0.05, 0.1) is 6.61 Å². The Morgan fingerprint density at radius 1 is 1.36 bits per heavy atom. The zero-order chi connectivity index (χ0) is 9.97. The second-order valence-corrected chi connectivity index (χ2v) is 3.49. The summed E-state index contributed by atoms with van der Waals surface area (Å²) >= 11 is 0. The van der Waals surface area contributed by atoms with Crippen molar-refractivity contribution in [3.05, 3.63) is 29.3 Å². The lowest BCUT2D eigenvalue weighted by Gasteiger charge is -2.07. The average Bonchev–Trinajstić information content (AvgIpc) is 2.41. The zero-order valence-corrected chi connectivity index (χ0v) is 7.95. The van der Waals surface area contributed by atoms with E-state index < -0.39 is 5.91 Å². The lowest BCUT2D eigenvalue weighted by atomic mass is 10.1. The predicted molar refractivity (Wildman–Crippen MR) is 53.4 cm³/mol. The number of carbonyl (C=O) groups excluding carboxylic acids is 1. The molecule has 0 aromatic heterocycles. The lowest BCUT2D eigenvalue weighted by Crippen LogP contribution is -2.11. The molecule has 1 aromatic rings. The van der Waals surface area contributed by atoms with Gasteiger partial charge in [-0.2, -0.15) is 0 Å². The van der Waals surface area contributed by atoms with Gasteiger partial charge in [0, 0.05) is 5.56 Å². The van der Waals surface area contributed by atoms with Crippen molar-refractivity contribution in [3.63, 3.8) is 0 Å². The maximum atomic E-state index is 10.9. The van der Waals surface area contributed by atoms with Crippen LogP contribution in [0.25, 0.3) is 0 Å². The third kappa shape index (κ3) is 1.71. The number of ether oxygens (including phenoxy) is 1. The van der Waals surface area contributed by atoms with Crippen molar-refractivity contribution in [2.24, 2.45) is 5.73 Å². The highest BCUT2D eigenvalue weighted by atomic mass is 16.5. The fraction of sp³-hybridized carbons (Fsp3) is 0.364. The monoisotopic (exact) mass is 191 g/mol. The van der Waals surface area contributed by atoms with E-state index in [0.29, 0.717) is 5.56 Å². The van der Waals surface area contributed by atoms with Crippen LogP contribution >= 0.6 is 0 Å². The molecule has 0 unspecified atom stereocenters. The largest absolute Gasteiger partial charge is 0.493 e. The van der Waals surface area contributed by atoms with Gasteiger partial charge in [-0.3, -0.25) is 4.79 Å². The van der Waals surface area contributed by atoms with E-state index in [1.807, 2.05) is 6.07 Å². The number of primary amides is 1. The van der Waals surface area contributed by atoms with Crippen LogP contribution in [0.5, 0.6) is 5.75 Å². The van der Waals surface area contributed by atoms with E-state index in [0.717, 1.165) is 31.6 Å². The van der Waals surface area contributed by atoms with Crippen LogP contribution in [0.3, 0.4) is 0 Å². The molecular formula is C11H13NO2. The number of amides is 1. The van der Waals surface area contributed by atoms with Crippen molar-refractivity contribution in [3.8, 4) is 5.75 Å². The van der Waals surface area contributed by atoms with Crippen molar-refractivity contribution < 1.29 is 9.53 Å². The number of nitrogens with two attached hydrogens (primary N) is 1. The SMILES string of the molecule is NC(=O)c1ccc2c(c1)OCCCC2. The van der Waals surface area contributed by atoms with E-state index in [1.165, 1.54) is 5.56 Å². The summed E-state index contributed by atoms with van der Waals surface area (Å²) in [5.41, 5.74) is 6.88. The molecule has 0 aliphatic carbocycles. The molecular weight excluding hydrogens is 178 g/mol. The van der Waals surface area contributed by atoms with E-state index in [9.17, 15) is 4.79 Å². The Morgan fingerprint density at radius 3 is 3.00 bits per heavy atom. The summed E-state index contributed by atoms with van der Waals surface area (Å²) in [5, 5.41) is 0. The van der Waals surface area contributed by atoms with E-state index in [-0.39, 0.29) is 0 Å². The number of benzene rings is 1. The fourth-order valence-electron chi connectivity index (χ4n) is 1.65. The first-order chi connectivity index (χ1) is 6.77. The van der Waals surface area contributed by atoms with Gasteiger partial charge < -0.3 is 10.5 Å². The first kappa shape index (κ1) is 9.06. The van der Waals surface area contributed by atoms with Crippen molar-refractivity contribution in [2.45, 2.75) is 19.3 Å². The van der Waals surface area contributed by atoms with Crippen LogP contribution in [0.2, 0.25) is 0 Å². The minimum absolute atomic E-state index is 0.402. The Balaban J connectivity index is 2.37. The molecule has 0 spiro atoms. The first-order valence-electron chi connectivity index (χ1n) is 4.83. The number of hydrogen-bond acceptors (Lipinski definition) is 2. The normalized spacial score (nSPS) is 15.1. The Bertz CT molecular complexity index is 360. The highest BCUT2D eigenvalue weighted by Crippen LogP contribution is 2.25. The molecule has 0 radical (unpaired) electrons. The summed E-state index contributed by atoms with van der Waals surface area (Å²) in [6.07, 6.45) is 3.23. The van der Waals surface area contributed by atoms with Crippen LogP contribution in [0.15, 0.2) is 18.2 Å². The highest BCUT2D eigenvalue weighted by Gasteiger charge is 2.10. The second kappa shape index (κ2) is 3.70. The van der Waals surface area contributed by atoms with E-state index >= 15 is 0 Å². The lowest BCUT2D eigenvalue weighted by molar-refractivity contribution is 0.1000. The molecule has 74 valence electrons. The smallest absolute Gasteiger partial charge is 0.248 e. The van der Waals surface area contributed by atoms with Gasteiger partial charge in [-0.05, 0) is 37.0 Å². The van der Waals surface area contributed by atoms with E-state index in [2.05, 4.69) is 0 Å². The number of fused-ring (bicyclic) bond motifs is 1. The highest BCUT2D eigenvalue weighted by molar-refractivity contribution is 5.93. The third-order valence-electron chi connectivity index (χ3n) is 2.45. The summed E-state index contributed by atoms with van der Waals surface area (Å²) in [6.45, 7) is 0.731. The molecule has 3 nitrogen and oxygen atoms in total. The van der Waals surface area contributed by atoms with Gasteiger partial charge in [-0.25, -0.2) is 0 Å². The minimum atomic E-state index is -0.402. The van der Waals surface area contributed by atoms with Gasteiger partial charge in [0.15, 0.2) is 0 Å². The molecule has 0 fully saturated rings. The van der Waals surface area contributed by atoms with Crippen molar-refractivity contribution in [1.29, 1.82) is 0 Å². The molecule has 2 rings (SSSR count). The van der Waals surface area contributed by atoms with Gasteiger partial charge in [-0.1, -0.05) is 6.07 Å². The molecule has 0 saturated carbocycles.